The molecule has 0 aliphatic carbocycles. The van der Waals surface area contributed by atoms with Crippen LogP contribution in [-0.4, -0.2) is 24.2 Å². The Labute approximate surface area is 130 Å². The third-order valence-corrected chi connectivity index (χ3v) is 4.15. The second-order valence-corrected chi connectivity index (χ2v) is 5.53. The van der Waals surface area contributed by atoms with Gasteiger partial charge in [0.2, 0.25) is 5.91 Å². The lowest BCUT2D eigenvalue weighted by atomic mass is 9.78. The van der Waals surface area contributed by atoms with E-state index in [-0.39, 0.29) is 11.9 Å². The summed E-state index contributed by atoms with van der Waals surface area (Å²) in [5.41, 5.74) is 1.85. The van der Waals surface area contributed by atoms with Crippen molar-refractivity contribution in [1.82, 2.24) is 0 Å². The molecule has 3 rings (SSSR count). The summed E-state index contributed by atoms with van der Waals surface area (Å²) in [5, 5.41) is 9.95. The number of carbonyl (C=O) groups excluding carboxylic acids is 1. The fourth-order valence-corrected chi connectivity index (χ4v) is 3.02. The van der Waals surface area contributed by atoms with Gasteiger partial charge in [-0.1, -0.05) is 30.3 Å². The molecular formula is C18H19NO3. The number of amides is 1. The predicted molar refractivity (Wildman–Crippen MR) is 84.8 cm³/mol. The smallest absolute Gasteiger partial charge is 0.235 e. The quantitative estimate of drug-likeness (QED) is 0.883. The van der Waals surface area contributed by atoms with Gasteiger partial charge in [0, 0.05) is 5.69 Å². The molecule has 4 heteroatoms. The van der Waals surface area contributed by atoms with Crippen molar-refractivity contribution in [3.63, 3.8) is 0 Å². The van der Waals surface area contributed by atoms with E-state index in [9.17, 15) is 9.90 Å². The van der Waals surface area contributed by atoms with Crippen LogP contribution in [-0.2, 0) is 4.79 Å². The molecule has 1 aliphatic rings. The summed E-state index contributed by atoms with van der Waals surface area (Å²) in [7, 11) is 1.61. The van der Waals surface area contributed by atoms with Crippen LogP contribution >= 0.6 is 0 Å². The van der Waals surface area contributed by atoms with Gasteiger partial charge in [-0.3, -0.25) is 4.79 Å². The molecule has 0 aromatic heterocycles. The van der Waals surface area contributed by atoms with E-state index in [0.29, 0.717) is 0 Å². The molecular weight excluding hydrogens is 278 g/mol. The Balaban J connectivity index is 1.96. The van der Waals surface area contributed by atoms with E-state index in [1.807, 2.05) is 54.6 Å². The fourth-order valence-electron chi connectivity index (χ4n) is 3.02. The average molecular weight is 297 g/mol. The first-order valence-corrected chi connectivity index (χ1v) is 7.33. The Morgan fingerprint density at radius 2 is 1.73 bits per heavy atom. The van der Waals surface area contributed by atoms with Crippen molar-refractivity contribution in [2.24, 2.45) is 5.92 Å². The molecule has 4 nitrogen and oxygen atoms in total. The van der Waals surface area contributed by atoms with Gasteiger partial charge in [0.15, 0.2) is 0 Å². The monoisotopic (exact) mass is 297 g/mol. The van der Waals surface area contributed by atoms with Crippen LogP contribution in [0, 0.1) is 5.92 Å². The maximum Gasteiger partial charge on any atom is 0.235 e. The molecule has 2 aromatic rings. The fraction of sp³-hybridized carbons (Fsp3) is 0.278. The summed E-state index contributed by atoms with van der Waals surface area (Å²) in [6.07, 6.45) is -0.674. The Bertz CT molecular complexity index is 652. The SMILES string of the molecule is COc1ccc(N2C(=O)[C@H]([C@@H](C)O)[C@@H]2c2ccccc2)cc1. The summed E-state index contributed by atoms with van der Waals surface area (Å²) in [6.45, 7) is 1.67. The molecule has 0 bridgehead atoms. The zero-order chi connectivity index (χ0) is 15.7. The van der Waals surface area contributed by atoms with E-state index < -0.39 is 12.0 Å². The molecule has 1 N–H and O–H groups in total. The van der Waals surface area contributed by atoms with Gasteiger partial charge in [-0.2, -0.15) is 0 Å². The number of ether oxygens (including phenoxy) is 1. The summed E-state index contributed by atoms with van der Waals surface area (Å²) in [6, 6.07) is 17.1. The minimum absolute atomic E-state index is 0.0472. The van der Waals surface area contributed by atoms with Crippen LogP contribution in [0.25, 0.3) is 0 Å². The van der Waals surface area contributed by atoms with Crippen LogP contribution in [0.4, 0.5) is 5.69 Å². The maximum absolute atomic E-state index is 12.5. The summed E-state index contributed by atoms with van der Waals surface area (Å²) in [5.74, 6) is 0.304. The van der Waals surface area contributed by atoms with E-state index in [1.165, 1.54) is 0 Å². The molecule has 114 valence electrons. The number of aliphatic hydroxyl groups is 1. The number of benzene rings is 2. The average Bonchev–Trinajstić information content (AvgIpc) is 2.53. The minimum atomic E-state index is -0.674. The third-order valence-electron chi connectivity index (χ3n) is 4.15. The molecule has 0 radical (unpaired) electrons. The second-order valence-electron chi connectivity index (χ2n) is 5.53. The highest BCUT2D eigenvalue weighted by atomic mass is 16.5. The lowest BCUT2D eigenvalue weighted by Gasteiger charge is -2.48. The normalized spacial score (nSPS) is 22.1. The topological polar surface area (TPSA) is 49.8 Å². The molecule has 1 aliphatic heterocycles. The number of methoxy groups -OCH3 is 1. The number of carbonyl (C=O) groups is 1. The van der Waals surface area contributed by atoms with Crippen molar-refractivity contribution in [2.75, 3.05) is 12.0 Å². The van der Waals surface area contributed by atoms with Crippen molar-refractivity contribution in [3.05, 3.63) is 60.2 Å². The van der Waals surface area contributed by atoms with E-state index in [2.05, 4.69) is 0 Å². The first-order valence-electron chi connectivity index (χ1n) is 7.33. The molecule has 1 heterocycles. The minimum Gasteiger partial charge on any atom is -0.497 e. The van der Waals surface area contributed by atoms with Gasteiger partial charge in [-0.25, -0.2) is 0 Å². The lowest BCUT2D eigenvalue weighted by molar-refractivity contribution is -0.135. The van der Waals surface area contributed by atoms with Crippen LogP contribution < -0.4 is 9.64 Å². The van der Waals surface area contributed by atoms with Crippen LogP contribution in [0.2, 0.25) is 0 Å². The molecule has 1 saturated heterocycles. The van der Waals surface area contributed by atoms with Crippen LogP contribution in [0.15, 0.2) is 54.6 Å². The summed E-state index contributed by atoms with van der Waals surface area (Å²) >= 11 is 0. The van der Waals surface area contributed by atoms with Crippen molar-refractivity contribution < 1.29 is 14.6 Å². The molecule has 0 saturated carbocycles. The van der Waals surface area contributed by atoms with Gasteiger partial charge < -0.3 is 14.7 Å². The number of rotatable bonds is 4. The van der Waals surface area contributed by atoms with Crippen molar-refractivity contribution in [3.8, 4) is 5.75 Å². The van der Waals surface area contributed by atoms with Crippen molar-refractivity contribution in [2.45, 2.75) is 19.1 Å². The zero-order valence-electron chi connectivity index (χ0n) is 12.6. The maximum atomic E-state index is 12.5. The number of β-lactam (4-membered cyclic amide) rings is 1. The Morgan fingerprint density at radius 3 is 2.27 bits per heavy atom. The van der Waals surface area contributed by atoms with Crippen molar-refractivity contribution in [1.29, 1.82) is 0 Å². The van der Waals surface area contributed by atoms with Crippen LogP contribution in [0.3, 0.4) is 0 Å². The molecule has 0 spiro atoms. The predicted octanol–water partition coefficient (Wildman–Crippen LogP) is 2.78. The van der Waals surface area contributed by atoms with Crippen molar-refractivity contribution >= 4 is 11.6 Å². The lowest BCUT2D eigenvalue weighted by Crippen LogP contribution is -2.59. The number of nitrogens with zero attached hydrogens (tertiary/aromatic N) is 1. The second kappa shape index (κ2) is 5.81. The largest absolute Gasteiger partial charge is 0.497 e. The molecule has 22 heavy (non-hydrogen) atoms. The first kappa shape index (κ1) is 14.6. The Hall–Kier alpha value is -2.33. The highest BCUT2D eigenvalue weighted by Gasteiger charge is 2.50. The Kier molecular flexibility index (Phi) is 3.86. The number of aliphatic hydroxyl groups excluding tert-OH is 1. The molecule has 3 atom stereocenters. The zero-order valence-corrected chi connectivity index (χ0v) is 12.6. The number of anilines is 1. The number of hydrogen-bond donors (Lipinski definition) is 1. The molecule has 2 aromatic carbocycles. The van der Waals surface area contributed by atoms with Gasteiger partial charge in [0.1, 0.15) is 5.75 Å². The van der Waals surface area contributed by atoms with Crippen LogP contribution in [0.1, 0.15) is 18.5 Å². The third kappa shape index (κ3) is 2.35. The number of hydrogen-bond acceptors (Lipinski definition) is 3. The molecule has 1 fully saturated rings. The highest BCUT2D eigenvalue weighted by Crippen LogP contribution is 2.45. The molecule has 0 unspecified atom stereocenters. The highest BCUT2D eigenvalue weighted by molar-refractivity contribution is 6.03. The van der Waals surface area contributed by atoms with Gasteiger partial charge in [-0.15, -0.1) is 0 Å². The van der Waals surface area contributed by atoms with E-state index >= 15 is 0 Å². The van der Waals surface area contributed by atoms with E-state index in [1.54, 1.807) is 18.9 Å². The van der Waals surface area contributed by atoms with Gasteiger partial charge in [-0.05, 0) is 36.8 Å². The standard InChI is InChI=1S/C18H19NO3/c1-12(20)16-17(13-6-4-3-5-7-13)19(18(16)21)14-8-10-15(22-2)11-9-14/h3-12,16-17,20H,1-2H3/t12-,16-,17+/m1/s1. The molecule has 1 amide bonds. The van der Waals surface area contributed by atoms with E-state index in [4.69, 9.17) is 4.74 Å². The summed E-state index contributed by atoms with van der Waals surface area (Å²) < 4.78 is 5.15. The first-order chi connectivity index (χ1) is 10.6. The van der Waals surface area contributed by atoms with Crippen LogP contribution in [0.5, 0.6) is 5.75 Å². The van der Waals surface area contributed by atoms with Gasteiger partial charge in [0.25, 0.3) is 0 Å². The summed E-state index contributed by atoms with van der Waals surface area (Å²) in [4.78, 5) is 14.2. The Morgan fingerprint density at radius 1 is 1.09 bits per heavy atom. The van der Waals surface area contributed by atoms with Gasteiger partial charge >= 0.3 is 0 Å². The van der Waals surface area contributed by atoms with E-state index in [0.717, 1.165) is 17.0 Å². The van der Waals surface area contributed by atoms with Gasteiger partial charge in [0.05, 0.1) is 25.2 Å².